The van der Waals surface area contributed by atoms with Crippen LogP contribution in [0.25, 0.3) is 0 Å². The van der Waals surface area contributed by atoms with E-state index in [1.807, 2.05) is 60.4 Å². The Kier molecular flexibility index (Phi) is 6.97. The van der Waals surface area contributed by atoms with Crippen LogP contribution in [0.5, 0.6) is 5.75 Å². The number of hydrogen-bond donors (Lipinski definition) is 2. The molecule has 4 rings (SSSR count). The van der Waals surface area contributed by atoms with Gasteiger partial charge in [-0.3, -0.25) is 4.79 Å². The molecule has 5 heteroatoms. The summed E-state index contributed by atoms with van der Waals surface area (Å²) in [4.78, 5) is 15.4. The molecule has 1 saturated heterocycles. The van der Waals surface area contributed by atoms with E-state index in [-0.39, 0.29) is 18.0 Å². The van der Waals surface area contributed by atoms with E-state index in [0.717, 1.165) is 22.4 Å². The highest BCUT2D eigenvalue weighted by molar-refractivity contribution is 5.82. The summed E-state index contributed by atoms with van der Waals surface area (Å²) in [6, 6.07) is 28.2. The second-order valence-corrected chi connectivity index (χ2v) is 7.80. The highest BCUT2D eigenvalue weighted by Gasteiger charge is 2.33. The van der Waals surface area contributed by atoms with E-state index in [4.69, 9.17) is 4.74 Å². The molecular weight excluding hydrogens is 386 g/mol. The Morgan fingerprint density at radius 1 is 0.871 bits per heavy atom. The lowest BCUT2D eigenvalue weighted by Gasteiger charge is -2.26. The van der Waals surface area contributed by atoms with E-state index in [1.54, 1.807) is 0 Å². The summed E-state index contributed by atoms with van der Waals surface area (Å²) in [5.74, 6) is 0.968. The Morgan fingerprint density at radius 2 is 1.45 bits per heavy atom. The van der Waals surface area contributed by atoms with Crippen LogP contribution in [0.2, 0.25) is 0 Å². The molecule has 160 valence electrons. The van der Waals surface area contributed by atoms with Gasteiger partial charge < -0.3 is 9.64 Å². The van der Waals surface area contributed by atoms with Gasteiger partial charge in [0, 0.05) is 19.1 Å². The minimum atomic E-state index is -0.274. The highest BCUT2D eigenvalue weighted by atomic mass is 16.5. The van der Waals surface area contributed by atoms with Crippen molar-refractivity contribution in [2.45, 2.75) is 38.5 Å². The average molecular weight is 416 g/mol. The third kappa shape index (κ3) is 5.51. The number of benzene rings is 3. The fourth-order valence-electron chi connectivity index (χ4n) is 3.94. The molecule has 1 fully saturated rings. The van der Waals surface area contributed by atoms with Crippen LogP contribution in [-0.2, 0) is 17.9 Å². The third-order valence-corrected chi connectivity index (χ3v) is 5.54. The van der Waals surface area contributed by atoms with Crippen LogP contribution in [0, 0.1) is 0 Å². The average Bonchev–Trinajstić information content (AvgIpc) is 3.31. The van der Waals surface area contributed by atoms with Crippen molar-refractivity contribution < 1.29 is 9.53 Å². The molecule has 5 nitrogen and oxygen atoms in total. The molecule has 1 amide bonds. The zero-order valence-electron chi connectivity index (χ0n) is 17.8. The van der Waals surface area contributed by atoms with Crippen molar-refractivity contribution in [1.29, 1.82) is 0 Å². The number of carbonyl (C=O) groups excluding carboxylic acids is 1. The Morgan fingerprint density at radius 3 is 2.00 bits per heavy atom. The standard InChI is InChI=1S/C26H29N3O2/c1-2-31-23-15-13-22(14-16-23)24-17-25(28-27-24)26(30)29(18-20-9-5-3-6-10-20)19-21-11-7-4-8-12-21/h3-16,24-25,27-28H,2,17-19H2,1H3. The second-order valence-electron chi connectivity index (χ2n) is 7.80. The lowest BCUT2D eigenvalue weighted by molar-refractivity contribution is -0.134. The molecule has 0 bridgehead atoms. The Hall–Kier alpha value is -3.15. The molecule has 1 heterocycles. The van der Waals surface area contributed by atoms with Crippen molar-refractivity contribution in [1.82, 2.24) is 15.8 Å². The minimum Gasteiger partial charge on any atom is -0.494 e. The fourth-order valence-corrected chi connectivity index (χ4v) is 3.94. The van der Waals surface area contributed by atoms with Gasteiger partial charge in [-0.05, 0) is 42.2 Å². The number of amides is 1. The highest BCUT2D eigenvalue weighted by Crippen LogP contribution is 2.26. The van der Waals surface area contributed by atoms with Gasteiger partial charge in [0.15, 0.2) is 0 Å². The predicted octanol–water partition coefficient (Wildman–Crippen LogP) is 4.22. The summed E-state index contributed by atoms with van der Waals surface area (Å²) < 4.78 is 5.53. The summed E-state index contributed by atoms with van der Waals surface area (Å²) in [6.45, 7) is 3.79. The van der Waals surface area contributed by atoms with E-state index in [0.29, 0.717) is 26.1 Å². The van der Waals surface area contributed by atoms with Crippen LogP contribution in [0.4, 0.5) is 0 Å². The Bertz CT molecular complexity index is 919. The van der Waals surface area contributed by atoms with Crippen LogP contribution >= 0.6 is 0 Å². The van der Waals surface area contributed by atoms with Gasteiger partial charge in [-0.25, -0.2) is 10.9 Å². The van der Waals surface area contributed by atoms with Gasteiger partial charge in [-0.1, -0.05) is 72.8 Å². The maximum atomic E-state index is 13.5. The second kappa shape index (κ2) is 10.2. The lowest BCUT2D eigenvalue weighted by Crippen LogP contribution is -2.45. The zero-order valence-corrected chi connectivity index (χ0v) is 17.8. The SMILES string of the molecule is CCOc1ccc(C2CC(C(=O)N(Cc3ccccc3)Cc3ccccc3)NN2)cc1. The van der Waals surface area contributed by atoms with Gasteiger partial charge >= 0.3 is 0 Å². The topological polar surface area (TPSA) is 53.6 Å². The molecule has 0 aromatic heterocycles. The molecule has 3 aromatic rings. The smallest absolute Gasteiger partial charge is 0.241 e. The third-order valence-electron chi connectivity index (χ3n) is 5.54. The van der Waals surface area contributed by atoms with Gasteiger partial charge in [0.1, 0.15) is 11.8 Å². The summed E-state index contributed by atoms with van der Waals surface area (Å²) in [5, 5.41) is 0. The monoisotopic (exact) mass is 415 g/mol. The molecule has 0 aliphatic carbocycles. The summed E-state index contributed by atoms with van der Waals surface area (Å²) in [6.07, 6.45) is 0.701. The number of rotatable bonds is 8. The molecule has 3 aromatic carbocycles. The molecule has 0 spiro atoms. The van der Waals surface area contributed by atoms with Crippen molar-refractivity contribution in [3.05, 3.63) is 102 Å². The van der Waals surface area contributed by atoms with Gasteiger partial charge in [0.2, 0.25) is 5.91 Å². The number of hydrazine groups is 1. The van der Waals surface area contributed by atoms with E-state index in [9.17, 15) is 4.79 Å². The molecule has 2 unspecified atom stereocenters. The van der Waals surface area contributed by atoms with Crippen LogP contribution < -0.4 is 15.6 Å². The van der Waals surface area contributed by atoms with Crippen LogP contribution in [-0.4, -0.2) is 23.5 Å². The first-order valence-corrected chi connectivity index (χ1v) is 10.8. The largest absolute Gasteiger partial charge is 0.494 e. The molecule has 2 N–H and O–H groups in total. The van der Waals surface area contributed by atoms with Crippen LogP contribution in [0.1, 0.15) is 36.1 Å². The number of nitrogens with one attached hydrogen (secondary N) is 2. The van der Waals surface area contributed by atoms with E-state index >= 15 is 0 Å². The fraction of sp³-hybridized carbons (Fsp3) is 0.269. The minimum absolute atomic E-state index is 0.0833. The lowest BCUT2D eigenvalue weighted by atomic mass is 10.0. The van der Waals surface area contributed by atoms with E-state index in [1.165, 1.54) is 0 Å². The first kappa shape index (κ1) is 21.1. The van der Waals surface area contributed by atoms with Gasteiger partial charge in [0.05, 0.1) is 6.61 Å². The Balaban J connectivity index is 1.46. The molecule has 31 heavy (non-hydrogen) atoms. The van der Waals surface area contributed by atoms with Crippen molar-refractivity contribution >= 4 is 5.91 Å². The maximum Gasteiger partial charge on any atom is 0.241 e. The maximum absolute atomic E-state index is 13.5. The normalized spacial score (nSPS) is 18.0. The van der Waals surface area contributed by atoms with Crippen molar-refractivity contribution in [2.24, 2.45) is 0 Å². The summed E-state index contributed by atoms with van der Waals surface area (Å²) in [5.41, 5.74) is 9.92. The van der Waals surface area contributed by atoms with E-state index < -0.39 is 0 Å². The Labute approximate surface area is 184 Å². The number of carbonyl (C=O) groups is 1. The molecule has 2 atom stereocenters. The molecule has 1 aliphatic heterocycles. The van der Waals surface area contributed by atoms with Gasteiger partial charge in [-0.15, -0.1) is 0 Å². The first-order valence-electron chi connectivity index (χ1n) is 10.8. The van der Waals surface area contributed by atoms with Gasteiger partial charge in [-0.2, -0.15) is 0 Å². The van der Waals surface area contributed by atoms with Crippen molar-refractivity contribution in [2.75, 3.05) is 6.61 Å². The van der Waals surface area contributed by atoms with Gasteiger partial charge in [0.25, 0.3) is 0 Å². The summed E-state index contributed by atoms with van der Waals surface area (Å²) in [7, 11) is 0. The van der Waals surface area contributed by atoms with Crippen LogP contribution in [0.15, 0.2) is 84.9 Å². The van der Waals surface area contributed by atoms with Crippen LogP contribution in [0.3, 0.4) is 0 Å². The summed E-state index contributed by atoms with van der Waals surface area (Å²) >= 11 is 0. The zero-order chi connectivity index (χ0) is 21.5. The number of nitrogens with zero attached hydrogens (tertiary/aromatic N) is 1. The molecular formula is C26H29N3O2. The molecule has 0 saturated carbocycles. The number of hydrogen-bond acceptors (Lipinski definition) is 4. The quantitative estimate of drug-likeness (QED) is 0.578. The van der Waals surface area contributed by atoms with Crippen molar-refractivity contribution in [3.63, 3.8) is 0 Å². The number of ether oxygens (including phenoxy) is 1. The predicted molar refractivity (Wildman–Crippen MR) is 122 cm³/mol. The van der Waals surface area contributed by atoms with E-state index in [2.05, 4.69) is 47.2 Å². The molecule has 0 radical (unpaired) electrons. The van der Waals surface area contributed by atoms with Crippen molar-refractivity contribution in [3.8, 4) is 5.75 Å². The molecule has 1 aliphatic rings. The first-order chi connectivity index (χ1) is 15.2.